The van der Waals surface area contributed by atoms with Crippen LogP contribution in [-0.4, -0.2) is 37.3 Å². The maximum Gasteiger partial charge on any atom is 0.401 e. The number of halogens is 4. The molecule has 1 heterocycles. The van der Waals surface area contributed by atoms with Gasteiger partial charge in [-0.3, -0.25) is 4.90 Å². The van der Waals surface area contributed by atoms with Crippen molar-refractivity contribution in [2.45, 2.75) is 12.6 Å². The van der Waals surface area contributed by atoms with Crippen molar-refractivity contribution in [3.63, 3.8) is 0 Å². The molecule has 0 aromatic heterocycles. The molecule has 1 aromatic rings. The van der Waals surface area contributed by atoms with Crippen LogP contribution >= 0.6 is 15.9 Å². The van der Waals surface area contributed by atoms with E-state index in [4.69, 9.17) is 5.26 Å². The lowest BCUT2D eigenvalue weighted by Gasteiger charge is -2.18. The van der Waals surface area contributed by atoms with E-state index in [-0.39, 0.29) is 5.92 Å². The Bertz CT molecular complexity index is 539. The van der Waals surface area contributed by atoms with Gasteiger partial charge < -0.3 is 5.32 Å². The summed E-state index contributed by atoms with van der Waals surface area (Å²) in [6, 6.07) is 7.27. The Hall–Kier alpha value is -1.26. The van der Waals surface area contributed by atoms with E-state index in [2.05, 4.69) is 21.2 Å². The monoisotopic (exact) mass is 361 g/mol. The van der Waals surface area contributed by atoms with Gasteiger partial charge in [-0.15, -0.1) is 0 Å². The molecule has 1 N–H and O–H groups in total. The molecular formula is C14H15BrF3N3. The minimum atomic E-state index is -4.13. The summed E-state index contributed by atoms with van der Waals surface area (Å²) in [5.41, 5.74) is 1.41. The standard InChI is InChI=1S/C14H15BrF3N3/c15-12-5-10(6-19)1-2-13(12)20-7-11-3-4-21(8-11)9-14(16,17)18/h1-2,5,11,20H,3-4,7-9H2. The van der Waals surface area contributed by atoms with Crippen molar-refractivity contribution in [1.29, 1.82) is 5.26 Å². The number of nitrogens with zero attached hydrogens (tertiary/aromatic N) is 2. The largest absolute Gasteiger partial charge is 0.401 e. The SMILES string of the molecule is N#Cc1ccc(NCC2CCN(CC(F)(F)F)C2)c(Br)c1. The summed E-state index contributed by atoms with van der Waals surface area (Å²) in [6.45, 7) is 0.740. The van der Waals surface area contributed by atoms with Gasteiger partial charge in [0.1, 0.15) is 0 Å². The van der Waals surface area contributed by atoms with Crippen LogP contribution in [0.4, 0.5) is 18.9 Å². The third-order valence-corrected chi connectivity index (χ3v) is 4.11. The number of anilines is 1. The van der Waals surface area contributed by atoms with Crippen molar-refractivity contribution in [3.05, 3.63) is 28.2 Å². The van der Waals surface area contributed by atoms with Crippen LogP contribution < -0.4 is 5.32 Å². The van der Waals surface area contributed by atoms with Crippen LogP contribution in [0.1, 0.15) is 12.0 Å². The summed E-state index contributed by atoms with van der Waals surface area (Å²) in [5, 5.41) is 12.0. The van der Waals surface area contributed by atoms with Gasteiger partial charge in [0.2, 0.25) is 0 Å². The molecular weight excluding hydrogens is 347 g/mol. The molecule has 1 aromatic carbocycles. The summed E-state index contributed by atoms with van der Waals surface area (Å²) in [7, 11) is 0. The highest BCUT2D eigenvalue weighted by atomic mass is 79.9. The number of alkyl halides is 3. The van der Waals surface area contributed by atoms with Crippen LogP contribution in [0.5, 0.6) is 0 Å². The van der Waals surface area contributed by atoms with E-state index in [0.717, 1.165) is 16.6 Å². The van der Waals surface area contributed by atoms with Crippen LogP contribution in [0.2, 0.25) is 0 Å². The van der Waals surface area contributed by atoms with Gasteiger partial charge in [-0.2, -0.15) is 18.4 Å². The Morgan fingerprint density at radius 1 is 1.43 bits per heavy atom. The first-order valence-electron chi connectivity index (χ1n) is 6.60. The average molecular weight is 362 g/mol. The van der Waals surface area contributed by atoms with E-state index in [0.29, 0.717) is 25.2 Å². The van der Waals surface area contributed by atoms with Gasteiger partial charge in [-0.25, -0.2) is 0 Å². The highest BCUT2D eigenvalue weighted by Crippen LogP contribution is 2.26. The first-order chi connectivity index (χ1) is 9.87. The van der Waals surface area contributed by atoms with Crippen LogP contribution in [0.25, 0.3) is 0 Å². The maximum absolute atomic E-state index is 12.3. The molecule has 21 heavy (non-hydrogen) atoms. The lowest BCUT2D eigenvalue weighted by molar-refractivity contribution is -0.143. The molecule has 7 heteroatoms. The van der Waals surface area contributed by atoms with Crippen LogP contribution in [0.3, 0.4) is 0 Å². The maximum atomic E-state index is 12.3. The van der Waals surface area contributed by atoms with Crippen molar-refractivity contribution in [2.75, 3.05) is 31.5 Å². The van der Waals surface area contributed by atoms with E-state index < -0.39 is 12.7 Å². The van der Waals surface area contributed by atoms with Gasteiger partial charge in [0.05, 0.1) is 18.2 Å². The first kappa shape index (κ1) is 16.1. The topological polar surface area (TPSA) is 39.1 Å². The van der Waals surface area contributed by atoms with Crippen molar-refractivity contribution >= 4 is 21.6 Å². The molecule has 1 aliphatic heterocycles. The highest BCUT2D eigenvalue weighted by molar-refractivity contribution is 9.10. The normalized spacial score (nSPS) is 19.5. The smallest absolute Gasteiger partial charge is 0.384 e. The molecule has 1 fully saturated rings. The summed E-state index contributed by atoms with van der Waals surface area (Å²) in [4.78, 5) is 1.44. The fourth-order valence-corrected chi connectivity index (χ4v) is 2.98. The number of rotatable bonds is 4. The molecule has 114 valence electrons. The Kier molecular flexibility index (Phi) is 5.12. The fraction of sp³-hybridized carbons (Fsp3) is 0.500. The molecule has 0 saturated carbocycles. The second-order valence-electron chi connectivity index (χ2n) is 5.19. The molecule has 0 radical (unpaired) electrons. The zero-order valence-electron chi connectivity index (χ0n) is 11.3. The van der Waals surface area contributed by atoms with Gasteiger partial charge in [0.15, 0.2) is 0 Å². The molecule has 1 unspecified atom stereocenters. The van der Waals surface area contributed by atoms with E-state index >= 15 is 0 Å². The number of hydrogen-bond acceptors (Lipinski definition) is 3. The van der Waals surface area contributed by atoms with E-state index in [9.17, 15) is 13.2 Å². The number of benzene rings is 1. The van der Waals surface area contributed by atoms with Gasteiger partial charge in [-0.1, -0.05) is 0 Å². The van der Waals surface area contributed by atoms with Crippen LogP contribution in [0, 0.1) is 17.2 Å². The van der Waals surface area contributed by atoms with Crippen molar-refractivity contribution < 1.29 is 13.2 Å². The van der Waals surface area contributed by atoms with E-state index in [1.807, 2.05) is 6.07 Å². The average Bonchev–Trinajstić information content (AvgIpc) is 2.82. The van der Waals surface area contributed by atoms with Gasteiger partial charge >= 0.3 is 6.18 Å². The molecule has 0 aliphatic carbocycles. The summed E-state index contributed by atoms with van der Waals surface area (Å²) in [5.74, 6) is 0.204. The molecule has 3 nitrogen and oxygen atoms in total. The zero-order chi connectivity index (χ0) is 15.5. The van der Waals surface area contributed by atoms with Gasteiger partial charge in [0, 0.05) is 23.2 Å². The Morgan fingerprint density at radius 2 is 2.19 bits per heavy atom. The summed E-state index contributed by atoms with van der Waals surface area (Å²) in [6.07, 6.45) is -3.37. The van der Waals surface area contributed by atoms with Crippen molar-refractivity contribution in [3.8, 4) is 6.07 Å². The van der Waals surface area contributed by atoms with Crippen LogP contribution in [0.15, 0.2) is 22.7 Å². The summed E-state index contributed by atoms with van der Waals surface area (Å²) < 4.78 is 37.7. The molecule has 0 bridgehead atoms. The Labute approximate surface area is 129 Å². The lowest BCUT2D eigenvalue weighted by atomic mass is 10.1. The molecule has 0 amide bonds. The number of hydrogen-bond donors (Lipinski definition) is 1. The second kappa shape index (κ2) is 6.67. The fourth-order valence-electron chi connectivity index (χ4n) is 2.46. The highest BCUT2D eigenvalue weighted by Gasteiger charge is 2.34. The molecule has 1 saturated heterocycles. The van der Waals surface area contributed by atoms with E-state index in [1.165, 1.54) is 4.90 Å². The van der Waals surface area contributed by atoms with Crippen molar-refractivity contribution in [1.82, 2.24) is 4.90 Å². The number of nitrogens with one attached hydrogen (secondary N) is 1. The summed E-state index contributed by atoms with van der Waals surface area (Å²) >= 11 is 3.38. The first-order valence-corrected chi connectivity index (χ1v) is 7.39. The molecule has 1 aliphatic rings. The lowest BCUT2D eigenvalue weighted by Crippen LogP contribution is -2.33. The number of likely N-dealkylation sites (tertiary alicyclic amines) is 1. The van der Waals surface area contributed by atoms with Crippen molar-refractivity contribution in [2.24, 2.45) is 5.92 Å². The third-order valence-electron chi connectivity index (χ3n) is 3.45. The minimum absolute atomic E-state index is 0.204. The predicted octanol–water partition coefficient (Wildman–Crippen LogP) is 3.62. The molecule has 2 rings (SSSR count). The second-order valence-corrected chi connectivity index (χ2v) is 6.05. The predicted molar refractivity (Wildman–Crippen MR) is 77.9 cm³/mol. The van der Waals surface area contributed by atoms with E-state index in [1.54, 1.807) is 18.2 Å². The zero-order valence-corrected chi connectivity index (χ0v) is 12.8. The molecule has 1 atom stereocenters. The third kappa shape index (κ3) is 4.90. The molecule has 0 spiro atoms. The van der Waals surface area contributed by atoms with Gasteiger partial charge in [-0.05, 0) is 53.0 Å². The Balaban J connectivity index is 1.83. The van der Waals surface area contributed by atoms with Gasteiger partial charge in [0.25, 0.3) is 0 Å². The van der Waals surface area contributed by atoms with Crippen LogP contribution in [-0.2, 0) is 0 Å². The minimum Gasteiger partial charge on any atom is -0.384 e. The Morgan fingerprint density at radius 3 is 2.81 bits per heavy atom. The number of nitriles is 1. The quantitative estimate of drug-likeness (QED) is 0.890.